The molecule has 1 aliphatic carbocycles. The van der Waals surface area contributed by atoms with E-state index in [2.05, 4.69) is 15.3 Å². The summed E-state index contributed by atoms with van der Waals surface area (Å²) in [6.45, 7) is 1.09. The van der Waals surface area contributed by atoms with Crippen LogP contribution in [0.2, 0.25) is 0 Å². The van der Waals surface area contributed by atoms with Crippen molar-refractivity contribution < 1.29 is 9.18 Å². The molecule has 0 bridgehead atoms. The van der Waals surface area contributed by atoms with E-state index in [-0.39, 0.29) is 24.0 Å². The highest BCUT2D eigenvalue weighted by atomic mass is 19.1. The molecule has 3 heterocycles. The number of H-pyrrole nitrogens is 1. The van der Waals surface area contributed by atoms with E-state index in [0.717, 1.165) is 36.9 Å². The lowest BCUT2D eigenvalue weighted by molar-refractivity contribution is 0.0698. The minimum Gasteiger partial charge on any atom is -0.328 e. The fourth-order valence-electron chi connectivity index (χ4n) is 4.09. The molecule has 28 heavy (non-hydrogen) atoms. The molecule has 2 aliphatic rings. The molecule has 1 aromatic carbocycles. The molecular weight excluding hydrogens is 363 g/mol. The van der Waals surface area contributed by atoms with E-state index in [1.54, 1.807) is 26.3 Å². The molecular formula is C19H19FN6O2. The third kappa shape index (κ3) is 2.65. The number of carbonyl (C=O) groups is 1. The second-order valence-electron chi connectivity index (χ2n) is 7.20. The Labute approximate surface area is 159 Å². The van der Waals surface area contributed by atoms with Crippen LogP contribution in [0, 0.1) is 5.82 Å². The van der Waals surface area contributed by atoms with E-state index in [1.165, 1.54) is 12.1 Å². The Bertz CT molecular complexity index is 1130. The summed E-state index contributed by atoms with van der Waals surface area (Å²) in [7, 11) is 0. The lowest BCUT2D eigenvalue weighted by Crippen LogP contribution is -2.41. The molecule has 0 spiro atoms. The van der Waals surface area contributed by atoms with Gasteiger partial charge in [0.15, 0.2) is 11.5 Å². The minimum absolute atomic E-state index is 0.171. The molecule has 0 fully saturated rings. The van der Waals surface area contributed by atoms with Crippen molar-refractivity contribution >= 4 is 5.91 Å². The van der Waals surface area contributed by atoms with Crippen LogP contribution in [0.25, 0.3) is 5.69 Å². The smallest absolute Gasteiger partial charge is 0.328 e. The molecule has 3 aromatic rings. The molecule has 5 rings (SSSR count). The SMILES string of the molecule is O=C(c1nn(-c2cccc(F)c2)c2c1CCCC2)N1CCn2c(n[nH]c2=O)C1. The van der Waals surface area contributed by atoms with Gasteiger partial charge < -0.3 is 4.90 Å². The van der Waals surface area contributed by atoms with Crippen molar-refractivity contribution in [3.05, 3.63) is 63.3 Å². The Balaban J connectivity index is 1.53. The van der Waals surface area contributed by atoms with Crippen LogP contribution in [0.3, 0.4) is 0 Å². The number of fused-ring (bicyclic) bond motifs is 2. The fraction of sp³-hybridized carbons (Fsp3) is 0.368. The van der Waals surface area contributed by atoms with Gasteiger partial charge in [0.2, 0.25) is 0 Å². The number of nitrogens with one attached hydrogen (secondary N) is 1. The van der Waals surface area contributed by atoms with Crippen molar-refractivity contribution in [3.8, 4) is 5.69 Å². The molecule has 8 nitrogen and oxygen atoms in total. The van der Waals surface area contributed by atoms with Crippen molar-refractivity contribution in [2.45, 2.75) is 38.8 Å². The Hall–Kier alpha value is -3.23. The molecule has 0 saturated heterocycles. The number of halogens is 1. The molecule has 9 heteroatoms. The summed E-state index contributed by atoms with van der Waals surface area (Å²) in [5.74, 6) is 0.0380. The van der Waals surface area contributed by atoms with Gasteiger partial charge in [0.05, 0.1) is 12.2 Å². The van der Waals surface area contributed by atoms with Crippen LogP contribution in [-0.2, 0) is 25.9 Å². The zero-order valence-corrected chi connectivity index (χ0v) is 15.2. The van der Waals surface area contributed by atoms with E-state index < -0.39 is 0 Å². The van der Waals surface area contributed by atoms with Crippen LogP contribution < -0.4 is 5.69 Å². The second kappa shape index (κ2) is 6.43. The number of benzene rings is 1. The number of nitrogens with zero attached hydrogens (tertiary/aromatic N) is 5. The Kier molecular flexibility index (Phi) is 3.88. The zero-order valence-electron chi connectivity index (χ0n) is 15.2. The monoisotopic (exact) mass is 382 g/mol. The minimum atomic E-state index is -0.335. The standard InChI is InChI=1S/C19H19FN6O2/c20-12-4-3-5-13(10-12)26-15-7-2-1-6-14(15)17(23-26)18(27)24-8-9-25-16(11-24)21-22-19(25)28/h3-5,10H,1-2,6-9,11H2,(H,22,28). The first-order valence-electron chi connectivity index (χ1n) is 9.42. The van der Waals surface area contributed by atoms with Crippen molar-refractivity contribution in [1.29, 1.82) is 0 Å². The molecule has 0 unspecified atom stereocenters. The van der Waals surface area contributed by atoms with Gasteiger partial charge in [0, 0.05) is 24.3 Å². The van der Waals surface area contributed by atoms with Crippen LogP contribution >= 0.6 is 0 Å². The van der Waals surface area contributed by atoms with Gasteiger partial charge in [-0.25, -0.2) is 19.0 Å². The molecule has 1 N–H and O–H groups in total. The second-order valence-corrected chi connectivity index (χ2v) is 7.20. The number of amides is 1. The summed E-state index contributed by atoms with van der Waals surface area (Å²) in [4.78, 5) is 26.6. The Morgan fingerprint density at radius 2 is 2.04 bits per heavy atom. The summed E-state index contributed by atoms with van der Waals surface area (Å²) in [6, 6.07) is 6.26. The van der Waals surface area contributed by atoms with Crippen LogP contribution in [0.1, 0.15) is 40.4 Å². The van der Waals surface area contributed by atoms with E-state index in [4.69, 9.17) is 0 Å². The zero-order chi connectivity index (χ0) is 19.3. The van der Waals surface area contributed by atoms with Crippen LogP contribution in [0.15, 0.2) is 29.1 Å². The van der Waals surface area contributed by atoms with Crippen LogP contribution in [0.5, 0.6) is 0 Å². The van der Waals surface area contributed by atoms with Gasteiger partial charge in [-0.3, -0.25) is 9.36 Å². The first-order valence-corrected chi connectivity index (χ1v) is 9.42. The maximum atomic E-state index is 13.7. The Morgan fingerprint density at radius 3 is 2.89 bits per heavy atom. The number of hydrogen-bond acceptors (Lipinski definition) is 4. The molecule has 2 aromatic heterocycles. The van der Waals surface area contributed by atoms with Crippen LogP contribution in [-0.4, -0.2) is 41.9 Å². The van der Waals surface area contributed by atoms with Gasteiger partial charge in [-0.2, -0.15) is 10.2 Å². The van der Waals surface area contributed by atoms with Crippen LogP contribution in [0.4, 0.5) is 4.39 Å². The molecule has 144 valence electrons. The van der Waals surface area contributed by atoms with Crippen molar-refractivity contribution in [2.75, 3.05) is 6.54 Å². The van der Waals surface area contributed by atoms with E-state index in [0.29, 0.717) is 30.3 Å². The molecule has 0 radical (unpaired) electrons. The van der Waals surface area contributed by atoms with Gasteiger partial charge in [-0.05, 0) is 43.9 Å². The number of carbonyl (C=O) groups excluding carboxylic acids is 1. The molecule has 1 aliphatic heterocycles. The summed E-state index contributed by atoms with van der Waals surface area (Å²) in [5.41, 5.74) is 2.72. The largest absolute Gasteiger partial charge is 0.343 e. The quantitative estimate of drug-likeness (QED) is 0.726. The van der Waals surface area contributed by atoms with Gasteiger partial charge in [0.1, 0.15) is 5.82 Å². The maximum absolute atomic E-state index is 13.7. The highest BCUT2D eigenvalue weighted by Gasteiger charge is 2.31. The summed E-state index contributed by atoms with van der Waals surface area (Å²) >= 11 is 0. The van der Waals surface area contributed by atoms with Crippen molar-refractivity contribution in [3.63, 3.8) is 0 Å². The number of hydrogen-bond donors (Lipinski definition) is 1. The number of rotatable bonds is 2. The number of aromatic amines is 1. The van der Waals surface area contributed by atoms with E-state index >= 15 is 0 Å². The lowest BCUT2D eigenvalue weighted by atomic mass is 9.95. The highest BCUT2D eigenvalue weighted by Crippen LogP contribution is 2.28. The molecule has 0 atom stereocenters. The van der Waals surface area contributed by atoms with E-state index in [9.17, 15) is 14.0 Å². The third-order valence-corrected chi connectivity index (χ3v) is 5.49. The normalized spacial score (nSPS) is 16.0. The maximum Gasteiger partial charge on any atom is 0.343 e. The van der Waals surface area contributed by atoms with Gasteiger partial charge in [-0.1, -0.05) is 6.07 Å². The van der Waals surface area contributed by atoms with Gasteiger partial charge >= 0.3 is 5.69 Å². The molecule has 0 saturated carbocycles. The third-order valence-electron chi connectivity index (χ3n) is 5.49. The fourth-order valence-corrected chi connectivity index (χ4v) is 4.09. The lowest BCUT2D eigenvalue weighted by Gasteiger charge is -2.26. The van der Waals surface area contributed by atoms with Gasteiger partial charge in [-0.15, -0.1) is 0 Å². The Morgan fingerprint density at radius 1 is 1.18 bits per heavy atom. The summed E-state index contributed by atoms with van der Waals surface area (Å²) < 4.78 is 17.0. The highest BCUT2D eigenvalue weighted by molar-refractivity contribution is 5.94. The van der Waals surface area contributed by atoms with Crippen molar-refractivity contribution in [2.24, 2.45) is 0 Å². The predicted molar refractivity (Wildman–Crippen MR) is 97.8 cm³/mol. The molecule has 1 amide bonds. The van der Waals surface area contributed by atoms with Gasteiger partial charge in [0.25, 0.3) is 5.91 Å². The van der Waals surface area contributed by atoms with E-state index in [1.807, 2.05) is 0 Å². The average Bonchev–Trinajstić information content (AvgIpc) is 3.28. The first kappa shape index (κ1) is 16.9. The first-order chi connectivity index (χ1) is 13.6. The summed E-state index contributed by atoms with van der Waals surface area (Å²) in [5, 5.41) is 11.0. The van der Waals surface area contributed by atoms with Crippen molar-refractivity contribution in [1.82, 2.24) is 29.4 Å². The average molecular weight is 382 g/mol. The number of aromatic nitrogens is 5. The summed E-state index contributed by atoms with van der Waals surface area (Å²) in [6.07, 6.45) is 3.61. The predicted octanol–water partition coefficient (Wildman–Crippen LogP) is 1.43. The topological polar surface area (TPSA) is 88.8 Å².